The third kappa shape index (κ3) is 4.93. The van der Waals surface area contributed by atoms with E-state index in [1.165, 1.54) is 5.56 Å². The molecule has 5 heteroatoms. The van der Waals surface area contributed by atoms with Crippen LogP contribution in [0, 0.1) is 6.92 Å². The molecule has 5 nitrogen and oxygen atoms in total. The molecule has 0 unspecified atom stereocenters. The van der Waals surface area contributed by atoms with Crippen LogP contribution in [0.15, 0.2) is 60.9 Å². The van der Waals surface area contributed by atoms with Crippen LogP contribution in [0.5, 0.6) is 0 Å². The highest BCUT2D eigenvalue weighted by molar-refractivity contribution is 6.04. The van der Waals surface area contributed by atoms with Crippen LogP contribution in [-0.2, 0) is 0 Å². The summed E-state index contributed by atoms with van der Waals surface area (Å²) < 4.78 is 0. The Morgan fingerprint density at radius 1 is 1.00 bits per heavy atom. The van der Waals surface area contributed by atoms with Gasteiger partial charge in [-0.05, 0) is 54.3 Å². The summed E-state index contributed by atoms with van der Waals surface area (Å²) >= 11 is 0. The van der Waals surface area contributed by atoms with Crippen LogP contribution in [0.1, 0.15) is 41.3 Å². The molecule has 0 radical (unpaired) electrons. The molecular weight excluding hydrogens is 360 g/mol. The highest BCUT2D eigenvalue weighted by Crippen LogP contribution is 2.30. The van der Waals surface area contributed by atoms with E-state index < -0.39 is 0 Å². The van der Waals surface area contributed by atoms with Gasteiger partial charge >= 0.3 is 0 Å². The summed E-state index contributed by atoms with van der Waals surface area (Å²) in [4.78, 5) is 19.0. The Bertz CT molecular complexity index is 994. The van der Waals surface area contributed by atoms with E-state index in [9.17, 15) is 4.79 Å². The lowest BCUT2D eigenvalue weighted by atomic mass is 9.98. The quantitative estimate of drug-likeness (QED) is 0.579. The van der Waals surface area contributed by atoms with Gasteiger partial charge in [0.2, 0.25) is 0 Å². The molecule has 0 aliphatic rings. The van der Waals surface area contributed by atoms with Crippen molar-refractivity contribution in [2.24, 2.45) is 0 Å². The fraction of sp³-hybridized carbons (Fsp3) is 0.250. The molecule has 0 bridgehead atoms. The molecular formula is C24H28N4O. The average molecular weight is 389 g/mol. The first-order chi connectivity index (χ1) is 13.8. The summed E-state index contributed by atoms with van der Waals surface area (Å²) in [7, 11) is 3.97. The first kappa shape index (κ1) is 20.4. The second-order valence-corrected chi connectivity index (χ2v) is 7.68. The Morgan fingerprint density at radius 3 is 2.38 bits per heavy atom. The second-order valence-electron chi connectivity index (χ2n) is 7.68. The Hall–Kier alpha value is -3.34. The molecule has 1 heterocycles. The van der Waals surface area contributed by atoms with Crippen LogP contribution >= 0.6 is 0 Å². The topological polar surface area (TPSA) is 57.3 Å². The van der Waals surface area contributed by atoms with Gasteiger partial charge < -0.3 is 15.5 Å². The lowest BCUT2D eigenvalue weighted by Crippen LogP contribution is -2.13. The number of pyridine rings is 1. The second kappa shape index (κ2) is 8.78. The number of rotatable bonds is 6. The predicted octanol–water partition coefficient (Wildman–Crippen LogP) is 5.58. The number of para-hydroxylation sites is 1. The number of benzene rings is 2. The van der Waals surface area contributed by atoms with Crippen molar-refractivity contribution in [1.82, 2.24) is 4.98 Å². The Balaban J connectivity index is 1.78. The normalized spacial score (nSPS) is 10.7. The number of hydrogen-bond donors (Lipinski definition) is 2. The molecule has 3 aromatic rings. The Morgan fingerprint density at radius 2 is 1.72 bits per heavy atom. The molecule has 150 valence electrons. The van der Waals surface area contributed by atoms with Crippen molar-refractivity contribution in [3.05, 3.63) is 77.6 Å². The number of aromatic nitrogens is 1. The molecule has 0 aliphatic carbocycles. The van der Waals surface area contributed by atoms with Crippen LogP contribution < -0.4 is 15.5 Å². The standard InChI is InChI=1S/C24H28N4O/c1-16(2)22-8-6-7-17(3)23(22)26-20-13-18(14-25-15-20)24(29)27-19-9-11-21(12-10-19)28(4)5/h6-16,26H,1-5H3,(H,27,29). The summed E-state index contributed by atoms with van der Waals surface area (Å²) in [5.74, 6) is 0.203. The molecule has 0 aliphatic heterocycles. The zero-order valence-corrected chi connectivity index (χ0v) is 17.7. The highest BCUT2D eigenvalue weighted by Gasteiger charge is 2.12. The third-order valence-corrected chi connectivity index (χ3v) is 4.84. The lowest BCUT2D eigenvalue weighted by Gasteiger charge is -2.17. The number of amides is 1. The van der Waals surface area contributed by atoms with E-state index in [4.69, 9.17) is 0 Å². The van der Waals surface area contributed by atoms with Crippen molar-refractivity contribution in [2.75, 3.05) is 29.6 Å². The van der Waals surface area contributed by atoms with E-state index >= 15 is 0 Å². The fourth-order valence-corrected chi connectivity index (χ4v) is 3.17. The fourth-order valence-electron chi connectivity index (χ4n) is 3.17. The molecule has 29 heavy (non-hydrogen) atoms. The largest absolute Gasteiger partial charge is 0.378 e. The molecule has 3 rings (SSSR count). The van der Waals surface area contributed by atoms with Gasteiger partial charge in [-0.15, -0.1) is 0 Å². The Labute approximate surface area is 172 Å². The van der Waals surface area contributed by atoms with E-state index in [0.29, 0.717) is 11.5 Å². The van der Waals surface area contributed by atoms with Crippen molar-refractivity contribution in [3.8, 4) is 0 Å². The lowest BCUT2D eigenvalue weighted by molar-refractivity contribution is 0.102. The number of hydrogen-bond acceptors (Lipinski definition) is 4. The van der Waals surface area contributed by atoms with Gasteiger partial charge in [-0.2, -0.15) is 0 Å². The highest BCUT2D eigenvalue weighted by atomic mass is 16.1. The SMILES string of the molecule is Cc1cccc(C(C)C)c1Nc1cncc(C(=O)Nc2ccc(N(C)C)cc2)c1. The number of carbonyl (C=O) groups is 1. The van der Waals surface area contributed by atoms with Crippen LogP contribution in [0.4, 0.5) is 22.7 Å². The van der Waals surface area contributed by atoms with Crippen LogP contribution in [0.25, 0.3) is 0 Å². The van der Waals surface area contributed by atoms with E-state index in [1.54, 1.807) is 12.4 Å². The monoisotopic (exact) mass is 388 g/mol. The van der Waals surface area contributed by atoms with E-state index in [2.05, 4.69) is 54.6 Å². The van der Waals surface area contributed by atoms with Gasteiger partial charge in [0, 0.05) is 37.4 Å². The van der Waals surface area contributed by atoms with Crippen molar-refractivity contribution in [2.45, 2.75) is 26.7 Å². The number of nitrogens with one attached hydrogen (secondary N) is 2. The minimum absolute atomic E-state index is 0.187. The zero-order chi connectivity index (χ0) is 21.0. The van der Waals surface area contributed by atoms with Crippen molar-refractivity contribution < 1.29 is 4.79 Å². The summed E-state index contributed by atoms with van der Waals surface area (Å²) in [5.41, 5.74) is 6.59. The Kier molecular flexibility index (Phi) is 6.17. The van der Waals surface area contributed by atoms with Gasteiger partial charge in [0.1, 0.15) is 0 Å². The molecule has 1 aromatic heterocycles. The maximum absolute atomic E-state index is 12.7. The maximum atomic E-state index is 12.7. The average Bonchev–Trinajstić information content (AvgIpc) is 2.70. The van der Waals surface area contributed by atoms with Gasteiger partial charge in [0.25, 0.3) is 5.91 Å². The van der Waals surface area contributed by atoms with Gasteiger partial charge in [-0.25, -0.2) is 0 Å². The van der Waals surface area contributed by atoms with Gasteiger partial charge in [0.15, 0.2) is 0 Å². The number of aryl methyl sites for hydroxylation is 1. The molecule has 1 amide bonds. The van der Waals surface area contributed by atoms with Gasteiger partial charge in [0.05, 0.1) is 17.4 Å². The third-order valence-electron chi connectivity index (χ3n) is 4.84. The van der Waals surface area contributed by atoms with Gasteiger partial charge in [-0.3, -0.25) is 9.78 Å². The van der Waals surface area contributed by atoms with Crippen molar-refractivity contribution >= 4 is 28.7 Å². The van der Waals surface area contributed by atoms with Gasteiger partial charge in [-0.1, -0.05) is 32.0 Å². The summed E-state index contributed by atoms with van der Waals surface area (Å²) in [5, 5.41) is 6.38. The van der Waals surface area contributed by atoms with E-state index in [-0.39, 0.29) is 5.91 Å². The van der Waals surface area contributed by atoms with Crippen molar-refractivity contribution in [3.63, 3.8) is 0 Å². The summed E-state index contributed by atoms with van der Waals surface area (Å²) in [6.45, 7) is 6.42. The van der Waals surface area contributed by atoms with E-state index in [1.807, 2.05) is 49.3 Å². The number of carbonyl (C=O) groups excluding carboxylic acids is 1. The molecule has 2 N–H and O–H groups in total. The van der Waals surface area contributed by atoms with E-state index in [0.717, 1.165) is 28.3 Å². The molecule has 0 spiro atoms. The van der Waals surface area contributed by atoms with Crippen molar-refractivity contribution in [1.29, 1.82) is 0 Å². The summed E-state index contributed by atoms with van der Waals surface area (Å²) in [6.07, 6.45) is 3.31. The molecule has 2 aromatic carbocycles. The smallest absolute Gasteiger partial charge is 0.257 e. The minimum atomic E-state index is -0.187. The predicted molar refractivity (Wildman–Crippen MR) is 122 cm³/mol. The minimum Gasteiger partial charge on any atom is -0.378 e. The molecule has 0 atom stereocenters. The van der Waals surface area contributed by atoms with Crippen LogP contribution in [0.3, 0.4) is 0 Å². The molecule has 0 fully saturated rings. The zero-order valence-electron chi connectivity index (χ0n) is 17.7. The molecule has 0 saturated heterocycles. The first-order valence-electron chi connectivity index (χ1n) is 9.75. The van der Waals surface area contributed by atoms with Crippen LogP contribution in [-0.4, -0.2) is 25.0 Å². The number of nitrogens with zero attached hydrogens (tertiary/aromatic N) is 2. The first-order valence-corrected chi connectivity index (χ1v) is 9.75. The maximum Gasteiger partial charge on any atom is 0.257 e. The number of anilines is 4. The molecule has 0 saturated carbocycles. The van der Waals surface area contributed by atoms with Crippen LogP contribution in [0.2, 0.25) is 0 Å². The summed E-state index contributed by atoms with van der Waals surface area (Å²) in [6, 6.07) is 15.8.